The van der Waals surface area contributed by atoms with E-state index in [-0.39, 0.29) is 12.0 Å². The quantitative estimate of drug-likeness (QED) is 0.111. The molecule has 9 heteroatoms. The van der Waals surface area contributed by atoms with Crippen molar-refractivity contribution in [3.05, 3.63) is 143 Å². The molecular weight excluding hydrogens is 600 g/mol. The second kappa shape index (κ2) is 14.8. The Morgan fingerprint density at radius 2 is 1.15 bits per heavy atom. The van der Waals surface area contributed by atoms with Crippen LogP contribution in [-0.4, -0.2) is 57.5 Å². The smallest absolute Gasteiger partial charge is 0.338 e. The molecule has 4 aromatic rings. The van der Waals surface area contributed by atoms with Crippen LogP contribution in [0.15, 0.2) is 121 Å². The van der Waals surface area contributed by atoms with Gasteiger partial charge in [0.05, 0.1) is 26.9 Å². The fourth-order valence-corrected chi connectivity index (χ4v) is 5.75. The molecule has 1 aliphatic rings. The van der Waals surface area contributed by atoms with E-state index >= 15 is 0 Å². The lowest BCUT2D eigenvalue weighted by atomic mass is 9.79. The average molecular weight is 637 g/mol. The summed E-state index contributed by atoms with van der Waals surface area (Å²) in [5.74, 6) is -0.598. The monoisotopic (exact) mass is 636 g/mol. The summed E-state index contributed by atoms with van der Waals surface area (Å²) in [4.78, 5) is 38.9. The van der Waals surface area contributed by atoms with Crippen molar-refractivity contribution >= 4 is 17.9 Å². The molecule has 3 atom stereocenters. The van der Waals surface area contributed by atoms with Crippen LogP contribution < -0.4 is 9.47 Å². The van der Waals surface area contributed by atoms with E-state index in [0.717, 1.165) is 5.56 Å². The van der Waals surface area contributed by atoms with Gasteiger partial charge in [0.1, 0.15) is 29.3 Å². The molecule has 3 unspecified atom stereocenters. The van der Waals surface area contributed by atoms with Gasteiger partial charge in [0.25, 0.3) is 0 Å². The van der Waals surface area contributed by atoms with Crippen molar-refractivity contribution in [2.75, 3.05) is 21.3 Å². The fraction of sp³-hybridized carbons (Fsp3) is 0.237. The Morgan fingerprint density at radius 1 is 0.638 bits per heavy atom. The minimum Gasteiger partial charge on any atom is -0.497 e. The normalized spacial score (nSPS) is 17.5. The van der Waals surface area contributed by atoms with E-state index < -0.39 is 41.8 Å². The van der Waals surface area contributed by atoms with Gasteiger partial charge in [-0.15, -0.1) is 0 Å². The molecular formula is C38H36O9. The maximum Gasteiger partial charge on any atom is 0.338 e. The highest BCUT2D eigenvalue weighted by Gasteiger charge is 2.47. The molecule has 0 radical (unpaired) electrons. The lowest BCUT2D eigenvalue weighted by Crippen LogP contribution is -2.50. The van der Waals surface area contributed by atoms with E-state index in [1.807, 2.05) is 78.9 Å². The first kappa shape index (κ1) is 33.0. The topological polar surface area (TPSA) is 107 Å². The highest BCUT2D eigenvalue weighted by atomic mass is 16.6. The minimum atomic E-state index is -1.35. The van der Waals surface area contributed by atoms with Crippen LogP contribution in [0.5, 0.6) is 11.5 Å². The highest BCUT2D eigenvalue weighted by Crippen LogP contribution is 2.44. The molecule has 47 heavy (non-hydrogen) atoms. The van der Waals surface area contributed by atoms with Crippen LogP contribution in [0.3, 0.4) is 0 Å². The first-order valence-electron chi connectivity index (χ1n) is 15.0. The van der Waals surface area contributed by atoms with E-state index in [1.54, 1.807) is 50.6 Å². The second-order valence-corrected chi connectivity index (χ2v) is 10.9. The van der Waals surface area contributed by atoms with Gasteiger partial charge >= 0.3 is 17.9 Å². The summed E-state index contributed by atoms with van der Waals surface area (Å²) in [6, 6.07) is 32.9. The maximum absolute atomic E-state index is 13.5. The predicted octanol–water partition coefficient (Wildman–Crippen LogP) is 6.04. The Kier molecular flexibility index (Phi) is 10.4. The number of methoxy groups -OCH3 is 3. The number of benzene rings is 4. The molecule has 4 aromatic carbocycles. The Morgan fingerprint density at radius 3 is 1.64 bits per heavy atom. The zero-order valence-electron chi connectivity index (χ0n) is 26.6. The van der Waals surface area contributed by atoms with Crippen molar-refractivity contribution in [2.24, 2.45) is 0 Å². The fourth-order valence-electron chi connectivity index (χ4n) is 5.75. The van der Waals surface area contributed by atoms with Gasteiger partial charge in [-0.1, -0.05) is 72.8 Å². The van der Waals surface area contributed by atoms with Crippen molar-refractivity contribution in [3.8, 4) is 11.5 Å². The summed E-state index contributed by atoms with van der Waals surface area (Å²) in [6.45, 7) is 1.26. The van der Waals surface area contributed by atoms with Crippen LogP contribution in [0.4, 0.5) is 0 Å². The summed E-state index contributed by atoms with van der Waals surface area (Å²) < 4.78 is 35.0. The van der Waals surface area contributed by atoms with Gasteiger partial charge in [-0.3, -0.25) is 4.79 Å². The number of esters is 3. The third kappa shape index (κ3) is 7.21. The first-order valence-corrected chi connectivity index (χ1v) is 15.0. The van der Waals surface area contributed by atoms with Crippen LogP contribution in [0.25, 0.3) is 0 Å². The third-order valence-corrected chi connectivity index (χ3v) is 7.98. The van der Waals surface area contributed by atoms with E-state index in [1.165, 1.54) is 14.0 Å². The van der Waals surface area contributed by atoms with E-state index in [4.69, 9.17) is 28.4 Å². The van der Waals surface area contributed by atoms with Crippen LogP contribution in [0, 0.1) is 0 Å². The number of carbonyl (C=O) groups excluding carboxylic acids is 3. The number of carbonyl (C=O) groups is 3. The standard InChI is InChI=1S/C38H36O9/c1-25(39)45-33-23-27(36(40)44-4)24-34(35(33)46-37(41)26-11-7-5-8-12-26)47-38(28-13-9-6-10-14-28,29-15-19-31(42-2)20-16-29)30-17-21-32(43-3)22-18-30/h5-22,24,33-35H,23H2,1-4H3. The molecule has 0 aliphatic heterocycles. The minimum absolute atomic E-state index is 0.0533. The molecule has 0 heterocycles. The molecule has 0 saturated carbocycles. The second-order valence-electron chi connectivity index (χ2n) is 10.9. The molecule has 0 N–H and O–H groups in total. The van der Waals surface area contributed by atoms with E-state index in [9.17, 15) is 14.4 Å². The molecule has 0 bridgehead atoms. The predicted molar refractivity (Wildman–Crippen MR) is 173 cm³/mol. The SMILES string of the molecule is COC(=O)C1=CC(OC(c2ccccc2)(c2ccc(OC)cc2)c2ccc(OC)cc2)C(OC(=O)c2ccccc2)C(OC(C)=O)C1. The largest absolute Gasteiger partial charge is 0.497 e. The number of hydrogen-bond donors (Lipinski definition) is 0. The summed E-state index contributed by atoms with van der Waals surface area (Å²) in [5.41, 5.74) is 1.33. The number of ether oxygens (including phenoxy) is 6. The lowest BCUT2D eigenvalue weighted by molar-refractivity contribution is -0.166. The molecule has 0 spiro atoms. The Hall–Kier alpha value is -5.41. The Bertz CT molecular complexity index is 1650. The van der Waals surface area contributed by atoms with Crippen molar-refractivity contribution in [1.29, 1.82) is 0 Å². The molecule has 0 saturated heterocycles. The summed E-state index contributed by atoms with van der Waals surface area (Å²) in [7, 11) is 4.44. The third-order valence-electron chi connectivity index (χ3n) is 7.98. The molecule has 5 rings (SSSR count). The Labute approximate surface area is 273 Å². The molecule has 1 aliphatic carbocycles. The van der Waals surface area contributed by atoms with Crippen LogP contribution >= 0.6 is 0 Å². The molecule has 0 aromatic heterocycles. The van der Waals surface area contributed by atoms with Gasteiger partial charge in [0, 0.05) is 18.9 Å². The van der Waals surface area contributed by atoms with E-state index in [2.05, 4.69) is 0 Å². The summed E-state index contributed by atoms with van der Waals surface area (Å²) in [6.07, 6.45) is -1.80. The molecule has 242 valence electrons. The number of rotatable bonds is 11. The van der Waals surface area contributed by atoms with Crippen molar-refractivity contribution in [1.82, 2.24) is 0 Å². The summed E-state index contributed by atoms with van der Waals surface area (Å²) >= 11 is 0. The van der Waals surface area contributed by atoms with Gasteiger partial charge in [0.2, 0.25) is 0 Å². The van der Waals surface area contributed by atoms with Gasteiger partial charge in [-0.2, -0.15) is 0 Å². The zero-order chi connectivity index (χ0) is 33.4. The lowest BCUT2D eigenvalue weighted by Gasteiger charge is -2.43. The van der Waals surface area contributed by atoms with Gasteiger partial charge in [-0.05, 0) is 59.2 Å². The van der Waals surface area contributed by atoms with Crippen LogP contribution in [0.2, 0.25) is 0 Å². The Balaban J connectivity index is 1.74. The molecule has 9 nitrogen and oxygen atoms in total. The highest BCUT2D eigenvalue weighted by molar-refractivity contribution is 5.90. The van der Waals surface area contributed by atoms with E-state index in [0.29, 0.717) is 28.2 Å². The maximum atomic E-state index is 13.5. The summed E-state index contributed by atoms with van der Waals surface area (Å²) in [5, 5.41) is 0. The van der Waals surface area contributed by atoms with Crippen LogP contribution in [0.1, 0.15) is 40.4 Å². The van der Waals surface area contributed by atoms with Gasteiger partial charge < -0.3 is 28.4 Å². The zero-order valence-corrected chi connectivity index (χ0v) is 26.6. The number of hydrogen-bond acceptors (Lipinski definition) is 9. The first-order chi connectivity index (χ1) is 22.8. The molecule has 0 amide bonds. The van der Waals surface area contributed by atoms with Crippen molar-refractivity contribution in [2.45, 2.75) is 37.3 Å². The van der Waals surface area contributed by atoms with Gasteiger partial charge in [0.15, 0.2) is 6.10 Å². The molecule has 0 fully saturated rings. The van der Waals surface area contributed by atoms with Crippen molar-refractivity contribution in [3.63, 3.8) is 0 Å². The average Bonchev–Trinajstić information content (AvgIpc) is 3.11. The van der Waals surface area contributed by atoms with Crippen LogP contribution in [-0.2, 0) is 34.1 Å². The van der Waals surface area contributed by atoms with Gasteiger partial charge in [-0.25, -0.2) is 9.59 Å². The van der Waals surface area contributed by atoms with Crippen molar-refractivity contribution < 1.29 is 42.8 Å².